The molecule has 3 aromatic rings. The average Bonchev–Trinajstić information content (AvgIpc) is 2.71. The van der Waals surface area contributed by atoms with Crippen LogP contribution in [0, 0.1) is 0 Å². The molecule has 0 aromatic heterocycles. The molecule has 0 aliphatic carbocycles. The Balaban J connectivity index is 1.63. The number of carboxylic acid groups (broad SMARTS) is 1. The number of benzene rings is 3. The minimum atomic E-state index is -1.98. The molecule has 0 fully saturated rings. The first-order valence-corrected chi connectivity index (χ1v) is 11.6. The number of hydrogen-bond donors (Lipinski definition) is 2. The van der Waals surface area contributed by atoms with Gasteiger partial charge in [0, 0.05) is 4.90 Å². The van der Waals surface area contributed by atoms with E-state index in [0.717, 1.165) is 21.2 Å². The molecule has 3 rings (SSSR count). The predicted molar refractivity (Wildman–Crippen MR) is 114 cm³/mol. The second-order valence-corrected chi connectivity index (χ2v) is 9.75. The van der Waals surface area contributed by atoms with Crippen LogP contribution in [0.15, 0.2) is 77.7 Å². The molecule has 4 nitrogen and oxygen atoms in total. The summed E-state index contributed by atoms with van der Waals surface area (Å²) in [4.78, 5) is 12.6. The average molecular weight is 413 g/mol. The van der Waals surface area contributed by atoms with Crippen molar-refractivity contribution in [3.63, 3.8) is 0 Å². The minimum Gasteiger partial charge on any atom is -0.479 e. The lowest BCUT2D eigenvalue weighted by molar-refractivity contribution is -0.156. The second kappa shape index (κ2) is 9.33. The van der Waals surface area contributed by atoms with Crippen LogP contribution in [-0.4, -0.2) is 33.4 Å². The Morgan fingerprint density at radius 2 is 1.64 bits per heavy atom. The maximum atomic E-state index is 12.6. The van der Waals surface area contributed by atoms with Crippen LogP contribution in [0.5, 0.6) is 0 Å². The Morgan fingerprint density at radius 3 is 2.39 bits per heavy atom. The van der Waals surface area contributed by atoms with Gasteiger partial charge in [-0.15, -0.1) is 0 Å². The van der Waals surface area contributed by atoms with E-state index in [1.807, 2.05) is 72.8 Å². The first kappa shape index (κ1) is 20.5. The summed E-state index contributed by atoms with van der Waals surface area (Å²) in [6, 6.07) is 23.3. The molecule has 0 aliphatic rings. The van der Waals surface area contributed by atoms with Gasteiger partial charge in [0.2, 0.25) is 5.60 Å². The zero-order valence-electron chi connectivity index (χ0n) is 15.3. The largest absolute Gasteiger partial charge is 0.479 e. The number of fused-ring (bicyclic) bond motifs is 1. The van der Waals surface area contributed by atoms with E-state index in [1.54, 1.807) is 0 Å². The summed E-state index contributed by atoms with van der Waals surface area (Å²) in [5.41, 5.74) is -0.769. The summed E-state index contributed by atoms with van der Waals surface area (Å²) in [6.45, 7) is 0. The van der Waals surface area contributed by atoms with Gasteiger partial charge in [-0.1, -0.05) is 83.1 Å². The smallest absolute Gasteiger partial charge is 0.353 e. The monoisotopic (exact) mass is 413 g/mol. The molecule has 0 saturated heterocycles. The van der Waals surface area contributed by atoms with Gasteiger partial charge in [0.1, 0.15) is 0 Å². The summed E-state index contributed by atoms with van der Waals surface area (Å²) in [5.74, 6) is -1.32. The molecule has 0 saturated carbocycles. The summed E-state index contributed by atoms with van der Waals surface area (Å²) in [5, 5.41) is 22.3. The van der Waals surface area contributed by atoms with Crippen LogP contribution < -0.4 is 0 Å². The maximum absolute atomic E-state index is 12.6. The Labute approximate surface area is 169 Å². The van der Waals surface area contributed by atoms with Gasteiger partial charge in [0.25, 0.3) is 0 Å². The number of carbonyl (C=O) groups is 1. The van der Waals surface area contributed by atoms with Crippen molar-refractivity contribution in [3.05, 3.63) is 78.4 Å². The van der Waals surface area contributed by atoms with Crippen molar-refractivity contribution in [1.82, 2.24) is 0 Å². The maximum Gasteiger partial charge on any atom is 0.353 e. The van der Waals surface area contributed by atoms with Crippen molar-refractivity contribution < 1.29 is 19.6 Å². The number of aliphatic hydroxyl groups is 1. The first-order valence-electron chi connectivity index (χ1n) is 9.00. The van der Waals surface area contributed by atoms with E-state index in [9.17, 15) is 19.6 Å². The molecule has 0 aliphatic heterocycles. The Bertz CT molecular complexity index is 971. The number of rotatable bonds is 9. The topological polar surface area (TPSA) is 74.6 Å². The third kappa shape index (κ3) is 5.20. The normalized spacial score (nSPS) is 13.8. The quantitative estimate of drug-likeness (QED) is 0.374. The molecule has 0 spiro atoms. The standard InChI is InChI=1S/C22H21O4PS/c23-21(24)22(25,14-13-17-7-2-1-3-8-17)15-27(26)16-28-20-12-6-10-18-9-4-5-11-19(18)20/h1-12,25H,13-16H2/p+1. The fraction of sp³-hybridized carbons (Fsp3) is 0.227. The van der Waals surface area contributed by atoms with E-state index in [0.29, 0.717) is 6.42 Å². The van der Waals surface area contributed by atoms with Gasteiger partial charge >= 0.3 is 13.8 Å². The molecule has 144 valence electrons. The molecular weight excluding hydrogens is 391 g/mol. The predicted octanol–water partition coefficient (Wildman–Crippen LogP) is 5.17. The fourth-order valence-electron chi connectivity index (χ4n) is 3.05. The highest BCUT2D eigenvalue weighted by molar-refractivity contribution is 8.04. The van der Waals surface area contributed by atoms with E-state index in [-0.39, 0.29) is 18.1 Å². The highest BCUT2D eigenvalue weighted by atomic mass is 32.2. The van der Waals surface area contributed by atoms with E-state index in [4.69, 9.17) is 0 Å². The van der Waals surface area contributed by atoms with Crippen LogP contribution in [0.25, 0.3) is 10.8 Å². The molecule has 2 N–H and O–H groups in total. The van der Waals surface area contributed by atoms with Crippen LogP contribution in [0.1, 0.15) is 12.0 Å². The zero-order chi connectivity index (χ0) is 20.0. The van der Waals surface area contributed by atoms with E-state index < -0.39 is 19.4 Å². The van der Waals surface area contributed by atoms with Crippen LogP contribution in [-0.2, 0) is 15.8 Å². The second-order valence-electron chi connectivity index (χ2n) is 6.71. The van der Waals surface area contributed by atoms with Crippen LogP contribution in [0.2, 0.25) is 0 Å². The third-order valence-corrected chi connectivity index (χ3v) is 7.83. The molecule has 0 radical (unpaired) electrons. The van der Waals surface area contributed by atoms with Crippen LogP contribution in [0.3, 0.4) is 0 Å². The van der Waals surface area contributed by atoms with Gasteiger partial charge in [-0.05, 0) is 35.2 Å². The Hall–Kier alpha value is -2.20. The Morgan fingerprint density at radius 1 is 0.964 bits per heavy atom. The van der Waals surface area contributed by atoms with Crippen LogP contribution >= 0.6 is 19.6 Å². The molecule has 0 heterocycles. The van der Waals surface area contributed by atoms with E-state index in [2.05, 4.69) is 0 Å². The summed E-state index contributed by atoms with van der Waals surface area (Å²) >= 11 is 1.44. The zero-order valence-corrected chi connectivity index (χ0v) is 17.0. The highest BCUT2D eigenvalue weighted by Gasteiger charge is 2.43. The summed E-state index contributed by atoms with van der Waals surface area (Å²) in [7, 11) is -1.88. The van der Waals surface area contributed by atoms with Crippen molar-refractivity contribution in [2.24, 2.45) is 0 Å². The fourth-order valence-corrected chi connectivity index (χ4v) is 5.94. The van der Waals surface area contributed by atoms with Gasteiger partial charge in [-0.25, -0.2) is 4.79 Å². The van der Waals surface area contributed by atoms with Crippen molar-refractivity contribution in [1.29, 1.82) is 0 Å². The Kier molecular flexibility index (Phi) is 6.84. The lowest BCUT2D eigenvalue weighted by Gasteiger charge is -2.18. The van der Waals surface area contributed by atoms with Crippen molar-refractivity contribution in [2.45, 2.75) is 23.3 Å². The third-order valence-electron chi connectivity index (χ3n) is 4.62. The molecule has 0 amide bonds. The van der Waals surface area contributed by atoms with Gasteiger partial charge in [-0.2, -0.15) is 0 Å². The lowest BCUT2D eigenvalue weighted by Crippen LogP contribution is -2.41. The van der Waals surface area contributed by atoms with E-state index in [1.165, 1.54) is 11.8 Å². The molecule has 2 atom stereocenters. The van der Waals surface area contributed by atoms with Gasteiger partial charge in [0.05, 0.1) is 0 Å². The summed E-state index contributed by atoms with van der Waals surface area (Å²) < 4.78 is 12.6. The highest BCUT2D eigenvalue weighted by Crippen LogP contribution is 2.38. The number of aliphatic carboxylic acids is 1. The number of hydrogen-bond acceptors (Lipinski definition) is 4. The molecule has 6 heteroatoms. The van der Waals surface area contributed by atoms with Gasteiger partial charge in [-0.3, -0.25) is 0 Å². The number of carboxylic acids is 1. The molecule has 28 heavy (non-hydrogen) atoms. The lowest BCUT2D eigenvalue weighted by atomic mass is 9.97. The molecule has 0 bridgehead atoms. The van der Waals surface area contributed by atoms with Crippen LogP contribution in [0.4, 0.5) is 0 Å². The molecule has 2 unspecified atom stereocenters. The molecular formula is C22H22O4PS+. The number of aryl methyl sites for hydroxylation is 1. The van der Waals surface area contributed by atoms with Crippen molar-refractivity contribution in [2.75, 3.05) is 11.7 Å². The van der Waals surface area contributed by atoms with E-state index >= 15 is 0 Å². The van der Waals surface area contributed by atoms with Gasteiger partial charge < -0.3 is 10.2 Å². The van der Waals surface area contributed by atoms with Gasteiger partial charge in [0.15, 0.2) is 11.7 Å². The van der Waals surface area contributed by atoms with Crippen molar-refractivity contribution >= 4 is 36.3 Å². The minimum absolute atomic E-state index is 0.0341. The van der Waals surface area contributed by atoms with Crippen molar-refractivity contribution in [3.8, 4) is 0 Å². The molecule has 3 aromatic carbocycles. The number of thioether (sulfide) groups is 1. The SMILES string of the molecule is O=C(O)C(O)(CCc1ccccc1)C[P+](=O)CSc1cccc2ccccc12. The first-order chi connectivity index (χ1) is 13.5. The summed E-state index contributed by atoms with van der Waals surface area (Å²) in [6.07, 6.45) is 0.206.